The molecule has 0 aromatic heterocycles. The van der Waals surface area contributed by atoms with Crippen molar-refractivity contribution in [2.75, 3.05) is 0 Å². The standard InChI is InChI=1S/C15H21ClN2O2/c1-10-5-11(2)7-13(6-10)17-9-12-3-4-14(16)15(8-12)18(19)20/h3-4,8,10-11,13,17H,5-7,9H2,1-2H3. The van der Waals surface area contributed by atoms with Gasteiger partial charge >= 0.3 is 0 Å². The summed E-state index contributed by atoms with van der Waals surface area (Å²) in [6, 6.07) is 5.51. The Hall–Kier alpha value is -1.13. The SMILES string of the molecule is CC1CC(C)CC(NCc2ccc(Cl)c([N+](=O)[O-])c2)C1. The van der Waals surface area contributed by atoms with Gasteiger partial charge in [-0.2, -0.15) is 0 Å². The van der Waals surface area contributed by atoms with Crippen molar-refractivity contribution in [3.05, 3.63) is 38.9 Å². The van der Waals surface area contributed by atoms with Crippen molar-refractivity contribution >= 4 is 17.3 Å². The van der Waals surface area contributed by atoms with E-state index in [4.69, 9.17) is 11.6 Å². The molecule has 1 N–H and O–H groups in total. The summed E-state index contributed by atoms with van der Waals surface area (Å²) in [6.07, 6.45) is 3.66. The first kappa shape index (κ1) is 15.3. The smallest absolute Gasteiger partial charge is 0.288 e. The summed E-state index contributed by atoms with van der Waals surface area (Å²) in [4.78, 5) is 10.4. The fourth-order valence-electron chi connectivity index (χ4n) is 3.18. The van der Waals surface area contributed by atoms with Crippen molar-refractivity contribution in [3.8, 4) is 0 Å². The molecule has 0 bridgehead atoms. The number of hydrogen-bond donors (Lipinski definition) is 1. The molecule has 0 saturated heterocycles. The summed E-state index contributed by atoms with van der Waals surface area (Å²) in [5.74, 6) is 1.49. The van der Waals surface area contributed by atoms with Crippen LogP contribution in [0, 0.1) is 22.0 Å². The zero-order valence-corrected chi connectivity index (χ0v) is 12.7. The van der Waals surface area contributed by atoms with Crippen LogP contribution >= 0.6 is 11.6 Å². The lowest BCUT2D eigenvalue weighted by molar-refractivity contribution is -0.384. The molecule has 0 heterocycles. The van der Waals surface area contributed by atoms with Crippen LogP contribution in [0.2, 0.25) is 5.02 Å². The van der Waals surface area contributed by atoms with Gasteiger partial charge in [-0.15, -0.1) is 0 Å². The van der Waals surface area contributed by atoms with Crippen LogP contribution in [0.4, 0.5) is 5.69 Å². The van der Waals surface area contributed by atoms with Gasteiger partial charge in [-0.05, 0) is 42.7 Å². The Labute approximate surface area is 124 Å². The van der Waals surface area contributed by atoms with Crippen molar-refractivity contribution < 1.29 is 4.92 Å². The second kappa shape index (κ2) is 6.55. The van der Waals surface area contributed by atoms with E-state index in [1.54, 1.807) is 12.1 Å². The molecule has 1 aliphatic carbocycles. The van der Waals surface area contributed by atoms with E-state index < -0.39 is 4.92 Å². The molecule has 2 rings (SSSR count). The van der Waals surface area contributed by atoms with E-state index in [0.717, 1.165) is 17.4 Å². The average Bonchev–Trinajstić information content (AvgIpc) is 2.36. The molecule has 1 aromatic carbocycles. The number of nitrogens with zero attached hydrogens (tertiary/aromatic N) is 1. The molecule has 1 aromatic rings. The molecule has 1 saturated carbocycles. The van der Waals surface area contributed by atoms with E-state index in [0.29, 0.717) is 12.6 Å². The van der Waals surface area contributed by atoms with Crippen molar-refractivity contribution in [1.82, 2.24) is 5.32 Å². The second-order valence-electron chi connectivity index (χ2n) is 6.04. The number of benzene rings is 1. The molecule has 1 fully saturated rings. The first-order valence-corrected chi connectivity index (χ1v) is 7.49. The molecule has 0 aliphatic heterocycles. The van der Waals surface area contributed by atoms with Gasteiger partial charge in [0.15, 0.2) is 0 Å². The summed E-state index contributed by atoms with van der Waals surface area (Å²) in [5, 5.41) is 14.6. The van der Waals surface area contributed by atoms with E-state index in [9.17, 15) is 10.1 Å². The third-order valence-corrected chi connectivity index (χ3v) is 4.30. The zero-order chi connectivity index (χ0) is 14.7. The lowest BCUT2D eigenvalue weighted by atomic mass is 9.80. The normalized spacial score (nSPS) is 26.4. The van der Waals surface area contributed by atoms with Crippen molar-refractivity contribution in [2.24, 2.45) is 11.8 Å². The Morgan fingerprint density at radius 1 is 1.30 bits per heavy atom. The van der Waals surface area contributed by atoms with E-state index in [2.05, 4.69) is 19.2 Å². The van der Waals surface area contributed by atoms with Gasteiger partial charge in [-0.3, -0.25) is 10.1 Å². The van der Waals surface area contributed by atoms with Crippen LogP contribution < -0.4 is 5.32 Å². The van der Waals surface area contributed by atoms with E-state index in [1.165, 1.54) is 19.3 Å². The van der Waals surface area contributed by atoms with Crippen LogP contribution in [0.1, 0.15) is 38.7 Å². The van der Waals surface area contributed by atoms with Gasteiger partial charge in [0.25, 0.3) is 5.69 Å². The fraction of sp³-hybridized carbons (Fsp3) is 0.600. The number of nitro groups is 1. The van der Waals surface area contributed by atoms with Gasteiger partial charge in [0.05, 0.1) is 4.92 Å². The van der Waals surface area contributed by atoms with E-state index in [-0.39, 0.29) is 10.7 Å². The van der Waals surface area contributed by atoms with Crippen LogP contribution in [-0.4, -0.2) is 11.0 Å². The summed E-state index contributed by atoms with van der Waals surface area (Å²) < 4.78 is 0. The van der Waals surface area contributed by atoms with Crippen LogP contribution in [-0.2, 0) is 6.54 Å². The highest BCUT2D eigenvalue weighted by atomic mass is 35.5. The molecule has 2 unspecified atom stereocenters. The fourth-order valence-corrected chi connectivity index (χ4v) is 3.37. The Morgan fingerprint density at radius 2 is 1.95 bits per heavy atom. The maximum absolute atomic E-state index is 10.9. The molecular weight excluding hydrogens is 276 g/mol. The number of nitro benzene ring substituents is 1. The minimum atomic E-state index is -0.434. The lowest BCUT2D eigenvalue weighted by Crippen LogP contribution is -2.35. The van der Waals surface area contributed by atoms with Gasteiger partial charge in [0, 0.05) is 18.7 Å². The van der Waals surface area contributed by atoms with Crippen molar-refractivity contribution in [3.63, 3.8) is 0 Å². The maximum atomic E-state index is 10.9. The molecule has 5 heteroatoms. The highest BCUT2D eigenvalue weighted by Gasteiger charge is 2.23. The zero-order valence-electron chi connectivity index (χ0n) is 11.9. The predicted octanol–water partition coefficient (Wildman–Crippen LogP) is 4.16. The van der Waals surface area contributed by atoms with Gasteiger partial charge < -0.3 is 5.32 Å². The van der Waals surface area contributed by atoms with Gasteiger partial charge in [0.2, 0.25) is 0 Å². The van der Waals surface area contributed by atoms with Gasteiger partial charge in [-0.1, -0.05) is 31.5 Å². The average molecular weight is 297 g/mol. The molecule has 0 radical (unpaired) electrons. The molecule has 20 heavy (non-hydrogen) atoms. The Morgan fingerprint density at radius 3 is 2.55 bits per heavy atom. The first-order chi connectivity index (χ1) is 9.45. The Kier molecular flexibility index (Phi) is 5.00. The Balaban J connectivity index is 1.97. The molecule has 1 aliphatic rings. The third kappa shape index (κ3) is 3.93. The van der Waals surface area contributed by atoms with Gasteiger partial charge in [0.1, 0.15) is 5.02 Å². The van der Waals surface area contributed by atoms with Crippen LogP contribution in [0.5, 0.6) is 0 Å². The van der Waals surface area contributed by atoms with Crippen molar-refractivity contribution in [2.45, 2.75) is 45.7 Å². The van der Waals surface area contributed by atoms with Crippen LogP contribution in [0.3, 0.4) is 0 Å². The van der Waals surface area contributed by atoms with Gasteiger partial charge in [-0.25, -0.2) is 0 Å². The van der Waals surface area contributed by atoms with E-state index >= 15 is 0 Å². The molecule has 0 amide bonds. The summed E-state index contributed by atoms with van der Waals surface area (Å²) in [7, 11) is 0. The predicted molar refractivity (Wildman–Crippen MR) is 80.9 cm³/mol. The largest absolute Gasteiger partial charge is 0.310 e. The summed E-state index contributed by atoms with van der Waals surface area (Å²) in [5.41, 5.74) is 0.892. The first-order valence-electron chi connectivity index (χ1n) is 7.12. The van der Waals surface area contributed by atoms with Crippen molar-refractivity contribution in [1.29, 1.82) is 0 Å². The minimum absolute atomic E-state index is 0.0173. The molecular formula is C15H21ClN2O2. The highest BCUT2D eigenvalue weighted by Crippen LogP contribution is 2.29. The highest BCUT2D eigenvalue weighted by molar-refractivity contribution is 6.32. The number of hydrogen-bond acceptors (Lipinski definition) is 3. The Bertz CT molecular complexity index is 483. The molecule has 0 spiro atoms. The monoisotopic (exact) mass is 296 g/mol. The number of rotatable bonds is 4. The third-order valence-electron chi connectivity index (χ3n) is 3.98. The summed E-state index contributed by atoms with van der Waals surface area (Å²) >= 11 is 5.82. The second-order valence-corrected chi connectivity index (χ2v) is 6.45. The number of nitrogens with one attached hydrogen (secondary N) is 1. The minimum Gasteiger partial charge on any atom is -0.310 e. The lowest BCUT2D eigenvalue weighted by Gasteiger charge is -2.32. The molecule has 2 atom stereocenters. The van der Waals surface area contributed by atoms with Crippen LogP contribution in [0.15, 0.2) is 18.2 Å². The van der Waals surface area contributed by atoms with Crippen LogP contribution in [0.25, 0.3) is 0 Å². The topological polar surface area (TPSA) is 55.2 Å². The van der Waals surface area contributed by atoms with E-state index in [1.807, 2.05) is 6.07 Å². The number of halogens is 1. The molecule has 4 nitrogen and oxygen atoms in total. The maximum Gasteiger partial charge on any atom is 0.288 e. The summed E-state index contributed by atoms with van der Waals surface area (Å²) in [6.45, 7) is 5.23. The molecule has 110 valence electrons. The quantitative estimate of drug-likeness (QED) is 0.670.